The predicted octanol–water partition coefficient (Wildman–Crippen LogP) is 5.15. The largest absolute Gasteiger partial charge is 0.493 e. The Labute approximate surface area is 140 Å². The minimum Gasteiger partial charge on any atom is -0.493 e. The Morgan fingerprint density at radius 2 is 1.70 bits per heavy atom. The third-order valence-electron chi connectivity index (χ3n) is 4.10. The predicted molar refractivity (Wildman–Crippen MR) is 98.0 cm³/mol. The molecule has 0 aliphatic carbocycles. The maximum absolute atomic E-state index is 5.98. The van der Waals surface area contributed by atoms with Gasteiger partial charge in [0.05, 0.1) is 6.61 Å². The SMILES string of the molecule is CCCCCOc1ccccc1C(C)NCCc1ccccc1. The van der Waals surface area contributed by atoms with E-state index >= 15 is 0 Å². The highest BCUT2D eigenvalue weighted by Gasteiger charge is 2.10. The molecular formula is C21H29NO. The Bertz CT molecular complexity index is 553. The molecule has 1 N–H and O–H groups in total. The van der Waals surface area contributed by atoms with E-state index in [4.69, 9.17) is 4.74 Å². The first kappa shape index (κ1) is 17.6. The van der Waals surface area contributed by atoms with Crippen LogP contribution in [0.3, 0.4) is 0 Å². The zero-order valence-electron chi connectivity index (χ0n) is 14.4. The minimum atomic E-state index is 0.293. The van der Waals surface area contributed by atoms with Gasteiger partial charge in [-0.1, -0.05) is 68.3 Å². The fraction of sp³-hybridized carbons (Fsp3) is 0.429. The Morgan fingerprint density at radius 1 is 0.957 bits per heavy atom. The molecular weight excluding hydrogens is 282 g/mol. The van der Waals surface area contributed by atoms with E-state index in [2.05, 4.69) is 73.8 Å². The van der Waals surface area contributed by atoms with E-state index in [1.165, 1.54) is 24.0 Å². The number of para-hydroxylation sites is 1. The van der Waals surface area contributed by atoms with Crippen LogP contribution in [0.25, 0.3) is 0 Å². The zero-order chi connectivity index (χ0) is 16.3. The Kier molecular flexibility index (Phi) is 7.68. The van der Waals surface area contributed by atoms with E-state index in [-0.39, 0.29) is 0 Å². The number of hydrogen-bond acceptors (Lipinski definition) is 2. The molecule has 2 aromatic rings. The highest BCUT2D eigenvalue weighted by molar-refractivity contribution is 5.35. The van der Waals surface area contributed by atoms with Crippen molar-refractivity contribution in [2.24, 2.45) is 0 Å². The van der Waals surface area contributed by atoms with E-state index in [0.29, 0.717) is 6.04 Å². The van der Waals surface area contributed by atoms with Crippen molar-refractivity contribution >= 4 is 0 Å². The van der Waals surface area contributed by atoms with Gasteiger partial charge in [-0.15, -0.1) is 0 Å². The van der Waals surface area contributed by atoms with Crippen molar-refractivity contribution in [1.82, 2.24) is 5.32 Å². The third-order valence-corrected chi connectivity index (χ3v) is 4.10. The minimum absolute atomic E-state index is 0.293. The lowest BCUT2D eigenvalue weighted by Gasteiger charge is -2.18. The van der Waals surface area contributed by atoms with E-state index < -0.39 is 0 Å². The van der Waals surface area contributed by atoms with Crippen molar-refractivity contribution in [3.63, 3.8) is 0 Å². The lowest BCUT2D eigenvalue weighted by atomic mass is 10.1. The molecule has 0 saturated carbocycles. The second-order valence-electron chi connectivity index (χ2n) is 6.00. The summed E-state index contributed by atoms with van der Waals surface area (Å²) in [6.45, 7) is 6.20. The molecule has 2 aromatic carbocycles. The normalized spacial score (nSPS) is 12.1. The molecule has 1 unspecified atom stereocenters. The standard InChI is InChI=1S/C21H29NO/c1-3-4-10-17-23-21-14-9-8-13-20(21)18(2)22-16-15-19-11-6-5-7-12-19/h5-9,11-14,18,22H,3-4,10,15-17H2,1-2H3. The number of rotatable bonds is 10. The summed E-state index contributed by atoms with van der Waals surface area (Å²) >= 11 is 0. The molecule has 0 amide bonds. The monoisotopic (exact) mass is 311 g/mol. The molecule has 0 saturated heterocycles. The maximum atomic E-state index is 5.98. The molecule has 0 spiro atoms. The van der Waals surface area contributed by atoms with Gasteiger partial charge in [-0.25, -0.2) is 0 Å². The summed E-state index contributed by atoms with van der Waals surface area (Å²) in [5, 5.41) is 3.61. The molecule has 0 aromatic heterocycles. The van der Waals surface area contributed by atoms with Crippen LogP contribution in [-0.2, 0) is 6.42 Å². The average Bonchev–Trinajstić information content (AvgIpc) is 2.60. The van der Waals surface area contributed by atoms with Gasteiger partial charge >= 0.3 is 0 Å². The van der Waals surface area contributed by atoms with Gasteiger partial charge in [-0.2, -0.15) is 0 Å². The van der Waals surface area contributed by atoms with Crippen LogP contribution in [0, 0.1) is 0 Å². The molecule has 0 bridgehead atoms. The van der Waals surface area contributed by atoms with Crippen LogP contribution in [0.2, 0.25) is 0 Å². The first-order chi connectivity index (χ1) is 11.3. The van der Waals surface area contributed by atoms with Crippen molar-refractivity contribution in [2.75, 3.05) is 13.2 Å². The van der Waals surface area contributed by atoms with Gasteiger partial charge in [0.25, 0.3) is 0 Å². The van der Waals surface area contributed by atoms with Crippen molar-refractivity contribution in [3.8, 4) is 5.75 Å². The number of ether oxygens (including phenoxy) is 1. The summed E-state index contributed by atoms with van der Waals surface area (Å²) in [4.78, 5) is 0. The maximum Gasteiger partial charge on any atom is 0.124 e. The van der Waals surface area contributed by atoms with Crippen LogP contribution in [0.15, 0.2) is 54.6 Å². The summed E-state index contributed by atoms with van der Waals surface area (Å²) in [7, 11) is 0. The quantitative estimate of drug-likeness (QED) is 0.613. The molecule has 0 aliphatic rings. The summed E-state index contributed by atoms with van der Waals surface area (Å²) in [6, 6.07) is 19.3. The number of hydrogen-bond donors (Lipinski definition) is 1. The second-order valence-corrected chi connectivity index (χ2v) is 6.00. The van der Waals surface area contributed by atoms with Gasteiger partial charge in [-0.05, 0) is 37.9 Å². The summed E-state index contributed by atoms with van der Waals surface area (Å²) < 4.78 is 5.98. The summed E-state index contributed by atoms with van der Waals surface area (Å²) in [5.74, 6) is 1.02. The lowest BCUT2D eigenvalue weighted by molar-refractivity contribution is 0.300. The zero-order valence-corrected chi connectivity index (χ0v) is 14.4. The van der Waals surface area contributed by atoms with Crippen LogP contribution in [0.1, 0.15) is 50.3 Å². The molecule has 23 heavy (non-hydrogen) atoms. The molecule has 124 valence electrons. The van der Waals surface area contributed by atoms with Crippen molar-refractivity contribution in [1.29, 1.82) is 0 Å². The van der Waals surface area contributed by atoms with E-state index in [9.17, 15) is 0 Å². The van der Waals surface area contributed by atoms with Crippen molar-refractivity contribution in [3.05, 3.63) is 65.7 Å². The molecule has 2 rings (SSSR count). The first-order valence-electron chi connectivity index (χ1n) is 8.80. The smallest absolute Gasteiger partial charge is 0.124 e. The Hall–Kier alpha value is -1.80. The molecule has 0 fully saturated rings. The van der Waals surface area contributed by atoms with Crippen molar-refractivity contribution in [2.45, 2.75) is 45.6 Å². The number of nitrogens with one attached hydrogen (secondary N) is 1. The molecule has 0 heterocycles. The van der Waals surface area contributed by atoms with Gasteiger partial charge < -0.3 is 10.1 Å². The fourth-order valence-corrected chi connectivity index (χ4v) is 2.69. The molecule has 2 nitrogen and oxygen atoms in total. The topological polar surface area (TPSA) is 21.3 Å². The van der Waals surface area contributed by atoms with E-state index in [0.717, 1.165) is 31.7 Å². The summed E-state index contributed by atoms with van der Waals surface area (Å²) in [6.07, 6.45) is 4.63. The number of unbranched alkanes of at least 4 members (excludes halogenated alkanes) is 2. The second kappa shape index (κ2) is 10.1. The van der Waals surface area contributed by atoms with Crippen LogP contribution in [0.5, 0.6) is 5.75 Å². The Morgan fingerprint density at radius 3 is 2.48 bits per heavy atom. The van der Waals surface area contributed by atoms with Crippen LogP contribution in [-0.4, -0.2) is 13.2 Å². The van der Waals surface area contributed by atoms with Crippen molar-refractivity contribution < 1.29 is 4.74 Å². The van der Waals surface area contributed by atoms with Crippen LogP contribution < -0.4 is 10.1 Å². The fourth-order valence-electron chi connectivity index (χ4n) is 2.69. The van der Waals surface area contributed by atoms with Crippen LogP contribution >= 0.6 is 0 Å². The lowest BCUT2D eigenvalue weighted by Crippen LogP contribution is -2.22. The highest BCUT2D eigenvalue weighted by atomic mass is 16.5. The van der Waals surface area contributed by atoms with Gasteiger partial charge in [0.15, 0.2) is 0 Å². The van der Waals surface area contributed by atoms with Gasteiger partial charge in [0, 0.05) is 11.6 Å². The molecule has 1 atom stereocenters. The highest BCUT2D eigenvalue weighted by Crippen LogP contribution is 2.25. The molecule has 0 aliphatic heterocycles. The van der Waals surface area contributed by atoms with E-state index in [1.54, 1.807) is 0 Å². The first-order valence-corrected chi connectivity index (χ1v) is 8.80. The molecule has 2 heteroatoms. The Balaban J connectivity index is 1.84. The third kappa shape index (κ3) is 6.07. The van der Waals surface area contributed by atoms with Gasteiger partial charge in [0.2, 0.25) is 0 Å². The van der Waals surface area contributed by atoms with Gasteiger partial charge in [0.1, 0.15) is 5.75 Å². The van der Waals surface area contributed by atoms with Gasteiger partial charge in [-0.3, -0.25) is 0 Å². The van der Waals surface area contributed by atoms with Crippen LogP contribution in [0.4, 0.5) is 0 Å². The average molecular weight is 311 g/mol. The molecule has 0 radical (unpaired) electrons. The number of benzene rings is 2. The summed E-state index contributed by atoms with van der Waals surface area (Å²) in [5.41, 5.74) is 2.62. The van der Waals surface area contributed by atoms with E-state index in [1.807, 2.05) is 0 Å².